The van der Waals surface area contributed by atoms with E-state index in [1.54, 1.807) is 0 Å². The maximum absolute atomic E-state index is 9.13. The van der Waals surface area contributed by atoms with Crippen LogP contribution in [0.4, 0.5) is 0 Å². The average Bonchev–Trinajstić information content (AvgIpc) is 2.39. The van der Waals surface area contributed by atoms with Crippen LogP contribution in [0.2, 0.25) is 0 Å². The first-order chi connectivity index (χ1) is 8.40. The standard InChI is InChI=1S/C15H14NO.BrH/c17-10-9-16-11-12-5-1-2-6-13(12)14-7-3-4-8-15(14)16;/h1-8,11,17H,9-10H2;1H/q+1;/p-1. The number of benzene rings is 2. The third-order valence-corrected chi connectivity index (χ3v) is 3.10. The van der Waals surface area contributed by atoms with Crippen LogP contribution in [0.5, 0.6) is 0 Å². The predicted octanol–water partition coefficient (Wildman–Crippen LogP) is -0.723. The van der Waals surface area contributed by atoms with Gasteiger partial charge >= 0.3 is 0 Å². The van der Waals surface area contributed by atoms with Crippen LogP contribution in [0.15, 0.2) is 54.7 Å². The number of nitrogens with zero attached hydrogens (tertiary/aromatic N) is 1. The molecule has 3 heteroatoms. The molecule has 0 bridgehead atoms. The Morgan fingerprint density at radius 2 is 1.56 bits per heavy atom. The summed E-state index contributed by atoms with van der Waals surface area (Å²) < 4.78 is 2.11. The smallest absolute Gasteiger partial charge is 0.213 e. The molecule has 2 nitrogen and oxygen atoms in total. The molecule has 0 spiro atoms. The first-order valence-electron chi connectivity index (χ1n) is 5.81. The minimum absolute atomic E-state index is 0. The van der Waals surface area contributed by atoms with Crippen molar-refractivity contribution in [1.82, 2.24) is 0 Å². The van der Waals surface area contributed by atoms with Crippen molar-refractivity contribution in [3.63, 3.8) is 0 Å². The number of rotatable bonds is 2. The Balaban J connectivity index is 0.00000120. The number of aliphatic hydroxyl groups excluding tert-OH is 1. The highest BCUT2D eigenvalue weighted by Gasteiger charge is 2.11. The molecule has 0 saturated heterocycles. The molecule has 1 heterocycles. The molecular weight excluding hydrogens is 290 g/mol. The molecule has 1 N–H and O–H groups in total. The van der Waals surface area contributed by atoms with Crippen molar-refractivity contribution in [1.29, 1.82) is 0 Å². The average molecular weight is 304 g/mol. The van der Waals surface area contributed by atoms with Gasteiger partial charge in [0.2, 0.25) is 5.52 Å². The summed E-state index contributed by atoms with van der Waals surface area (Å²) >= 11 is 0. The van der Waals surface area contributed by atoms with Gasteiger partial charge < -0.3 is 22.1 Å². The SMILES string of the molecule is OCC[n+]1cc2ccccc2c2ccccc21.[Br-]. The Bertz CT molecular complexity index is 681. The van der Waals surface area contributed by atoms with E-state index in [2.05, 4.69) is 47.2 Å². The quantitative estimate of drug-likeness (QED) is 0.490. The summed E-state index contributed by atoms with van der Waals surface area (Å²) in [6.45, 7) is 0.790. The number of fused-ring (bicyclic) bond motifs is 3. The summed E-state index contributed by atoms with van der Waals surface area (Å²) in [6.07, 6.45) is 2.11. The van der Waals surface area contributed by atoms with Crippen molar-refractivity contribution in [2.45, 2.75) is 6.54 Å². The van der Waals surface area contributed by atoms with Crippen LogP contribution in [0, 0.1) is 0 Å². The van der Waals surface area contributed by atoms with Crippen molar-refractivity contribution >= 4 is 21.7 Å². The fourth-order valence-corrected chi connectivity index (χ4v) is 2.34. The first kappa shape index (κ1) is 13.0. The summed E-state index contributed by atoms with van der Waals surface area (Å²) in [4.78, 5) is 0. The summed E-state index contributed by atoms with van der Waals surface area (Å²) in [5.74, 6) is 0. The van der Waals surface area contributed by atoms with Crippen LogP contribution in [0.1, 0.15) is 0 Å². The largest absolute Gasteiger partial charge is 1.00 e. The fourth-order valence-electron chi connectivity index (χ4n) is 2.34. The van der Waals surface area contributed by atoms with Gasteiger partial charge in [0.05, 0.1) is 5.39 Å². The van der Waals surface area contributed by atoms with Crippen molar-refractivity contribution in [3.05, 3.63) is 54.7 Å². The van der Waals surface area contributed by atoms with Crippen LogP contribution >= 0.6 is 0 Å². The van der Waals surface area contributed by atoms with E-state index in [9.17, 15) is 0 Å². The van der Waals surface area contributed by atoms with Gasteiger partial charge in [-0.1, -0.05) is 30.3 Å². The molecule has 2 aromatic carbocycles. The van der Waals surface area contributed by atoms with E-state index in [-0.39, 0.29) is 23.6 Å². The first-order valence-corrected chi connectivity index (χ1v) is 5.81. The second kappa shape index (κ2) is 5.46. The number of aromatic nitrogens is 1. The second-order valence-electron chi connectivity index (χ2n) is 4.15. The highest BCUT2D eigenvalue weighted by molar-refractivity contribution is 6.03. The van der Waals surface area contributed by atoms with Gasteiger partial charge in [-0.05, 0) is 12.1 Å². The Kier molecular flexibility index (Phi) is 3.94. The molecule has 3 aromatic rings. The summed E-state index contributed by atoms with van der Waals surface area (Å²) in [5.41, 5.74) is 1.17. The monoisotopic (exact) mass is 303 g/mol. The van der Waals surface area contributed by atoms with Gasteiger partial charge in [-0.3, -0.25) is 0 Å². The van der Waals surface area contributed by atoms with Gasteiger partial charge in [-0.15, -0.1) is 0 Å². The van der Waals surface area contributed by atoms with Crippen molar-refractivity contribution in [2.24, 2.45) is 0 Å². The van der Waals surface area contributed by atoms with Crippen LogP contribution in [-0.2, 0) is 6.54 Å². The van der Waals surface area contributed by atoms with E-state index in [0.717, 1.165) is 0 Å². The van der Waals surface area contributed by atoms with Crippen molar-refractivity contribution in [3.8, 4) is 0 Å². The molecule has 92 valence electrons. The molecule has 18 heavy (non-hydrogen) atoms. The minimum atomic E-state index is 0. The Morgan fingerprint density at radius 1 is 0.889 bits per heavy atom. The highest BCUT2D eigenvalue weighted by Crippen LogP contribution is 2.21. The molecule has 0 atom stereocenters. The Labute approximate surface area is 116 Å². The third-order valence-electron chi connectivity index (χ3n) is 3.10. The van der Waals surface area contributed by atoms with Gasteiger partial charge in [0.25, 0.3) is 0 Å². The number of aliphatic hydroxyl groups is 1. The molecule has 3 rings (SSSR count). The second-order valence-corrected chi connectivity index (χ2v) is 4.15. The highest BCUT2D eigenvalue weighted by atomic mass is 79.9. The Morgan fingerprint density at radius 3 is 2.33 bits per heavy atom. The summed E-state index contributed by atoms with van der Waals surface area (Å²) in [5, 5.41) is 12.8. The summed E-state index contributed by atoms with van der Waals surface area (Å²) in [7, 11) is 0. The predicted molar refractivity (Wildman–Crippen MR) is 68.7 cm³/mol. The molecule has 0 saturated carbocycles. The van der Waals surface area contributed by atoms with E-state index in [0.29, 0.717) is 6.54 Å². The van der Waals surface area contributed by atoms with Crippen LogP contribution in [-0.4, -0.2) is 11.7 Å². The van der Waals surface area contributed by atoms with Crippen LogP contribution in [0.3, 0.4) is 0 Å². The lowest BCUT2D eigenvalue weighted by Crippen LogP contribution is -3.00. The normalized spacial score (nSPS) is 10.5. The zero-order valence-corrected chi connectivity index (χ0v) is 11.5. The molecular formula is C15H14BrNO. The van der Waals surface area contributed by atoms with E-state index in [1.807, 2.05) is 12.1 Å². The number of pyridine rings is 1. The number of halogens is 1. The van der Waals surface area contributed by atoms with Crippen LogP contribution in [0.25, 0.3) is 21.7 Å². The zero-order chi connectivity index (χ0) is 11.7. The van der Waals surface area contributed by atoms with Gasteiger partial charge in [0.1, 0.15) is 6.61 Å². The lowest BCUT2D eigenvalue weighted by atomic mass is 10.1. The molecule has 1 aromatic heterocycles. The van der Waals surface area contributed by atoms with Crippen LogP contribution < -0.4 is 21.5 Å². The molecule has 0 fully saturated rings. The molecule has 0 aliphatic heterocycles. The topological polar surface area (TPSA) is 24.1 Å². The lowest BCUT2D eigenvalue weighted by Gasteiger charge is -2.04. The maximum Gasteiger partial charge on any atom is 0.213 e. The maximum atomic E-state index is 9.13. The van der Waals surface area contributed by atoms with E-state index < -0.39 is 0 Å². The van der Waals surface area contributed by atoms with Gasteiger partial charge in [0.15, 0.2) is 12.7 Å². The number of hydrogen-bond donors (Lipinski definition) is 1. The van der Waals surface area contributed by atoms with Gasteiger partial charge in [-0.2, -0.15) is 4.57 Å². The number of para-hydroxylation sites is 1. The van der Waals surface area contributed by atoms with Crippen molar-refractivity contribution < 1.29 is 26.7 Å². The number of hydrogen-bond acceptors (Lipinski definition) is 1. The molecule has 0 aliphatic carbocycles. The van der Waals surface area contributed by atoms with Crippen molar-refractivity contribution in [2.75, 3.05) is 6.61 Å². The Hall–Kier alpha value is -1.45. The van der Waals surface area contributed by atoms with E-state index in [4.69, 9.17) is 5.11 Å². The van der Waals surface area contributed by atoms with Gasteiger partial charge in [-0.25, -0.2) is 0 Å². The fraction of sp³-hybridized carbons (Fsp3) is 0.133. The molecule has 0 unspecified atom stereocenters. The van der Waals surface area contributed by atoms with E-state index in [1.165, 1.54) is 21.7 Å². The molecule has 0 aliphatic rings. The zero-order valence-electron chi connectivity index (χ0n) is 9.88. The van der Waals surface area contributed by atoms with Gasteiger partial charge in [0, 0.05) is 16.8 Å². The third kappa shape index (κ3) is 2.11. The summed E-state index contributed by atoms with van der Waals surface area (Å²) in [6, 6.07) is 16.7. The molecule has 0 amide bonds. The minimum Gasteiger partial charge on any atom is -1.00 e. The molecule has 0 radical (unpaired) electrons. The lowest BCUT2D eigenvalue weighted by molar-refractivity contribution is -0.671. The van der Waals surface area contributed by atoms with E-state index >= 15 is 0 Å².